The number of carboxylic acids is 1. The van der Waals surface area contributed by atoms with Gasteiger partial charge < -0.3 is 19.9 Å². The Morgan fingerprint density at radius 1 is 1.02 bits per heavy atom. The van der Waals surface area contributed by atoms with Crippen LogP contribution in [0, 0.1) is 0 Å². The molecule has 1 saturated heterocycles. The number of carboxylic acid groups (broad SMARTS) is 1. The van der Waals surface area contributed by atoms with E-state index in [1.54, 1.807) is 27.9 Å². The zero-order chi connectivity index (χ0) is 29.6. The van der Waals surface area contributed by atoms with Gasteiger partial charge in [0.1, 0.15) is 22.4 Å². The number of aliphatic carboxylic acids is 1. The van der Waals surface area contributed by atoms with Crippen LogP contribution >= 0.6 is 12.2 Å². The fraction of sp³-hybridized carbons (Fsp3) is 0.364. The van der Waals surface area contributed by atoms with E-state index in [2.05, 4.69) is 5.32 Å². The van der Waals surface area contributed by atoms with Crippen LogP contribution < -0.4 is 10.1 Å². The highest BCUT2D eigenvalue weighted by Crippen LogP contribution is 2.36. The summed E-state index contributed by atoms with van der Waals surface area (Å²) in [4.78, 5) is 28.1. The first-order valence-corrected chi connectivity index (χ1v) is 14.2. The van der Waals surface area contributed by atoms with Crippen molar-refractivity contribution >= 4 is 29.3 Å². The number of rotatable bonds is 8. The molecule has 1 heterocycles. The second-order valence-corrected chi connectivity index (χ2v) is 11.7. The Morgan fingerprint density at radius 2 is 1.68 bits per heavy atom. The standard InChI is InChI=1S/C33H38N2O5S/c1-32(2,3)40-31(38)35(30(41)33(19-10-20-34-22-33)25-11-6-5-7-12-25)27(29(36)37)21-23-15-17-24(18-16-23)26-13-8-9-14-28(26)39-4/h5-9,11-18,27,34H,10,19-22H2,1-4H3,(H,36,37)/t27-,33?/m0/s1. The average molecular weight is 575 g/mol. The van der Waals surface area contributed by atoms with Gasteiger partial charge >= 0.3 is 12.1 Å². The topological polar surface area (TPSA) is 88.1 Å². The minimum absolute atomic E-state index is 0.0548. The maximum atomic E-state index is 13.8. The smallest absolute Gasteiger partial charge is 0.416 e. The summed E-state index contributed by atoms with van der Waals surface area (Å²) in [5, 5.41) is 13.9. The Morgan fingerprint density at radius 3 is 2.27 bits per heavy atom. The predicted molar refractivity (Wildman–Crippen MR) is 164 cm³/mol. The van der Waals surface area contributed by atoms with Gasteiger partial charge in [-0.1, -0.05) is 85.0 Å². The molecule has 2 atom stereocenters. The summed E-state index contributed by atoms with van der Waals surface area (Å²) >= 11 is 6.09. The summed E-state index contributed by atoms with van der Waals surface area (Å²) in [7, 11) is 1.63. The molecule has 1 fully saturated rings. The van der Waals surface area contributed by atoms with E-state index in [4.69, 9.17) is 21.7 Å². The Bertz CT molecular complexity index is 1360. The van der Waals surface area contributed by atoms with Gasteiger partial charge in [-0.15, -0.1) is 0 Å². The normalized spacial score (nSPS) is 17.8. The number of ether oxygens (including phenoxy) is 2. The van der Waals surface area contributed by atoms with Crippen LogP contribution in [-0.2, 0) is 21.4 Å². The maximum absolute atomic E-state index is 13.8. The third-order valence-corrected chi connectivity index (χ3v) is 7.91. The Hall–Kier alpha value is -3.75. The van der Waals surface area contributed by atoms with E-state index in [1.807, 2.05) is 78.9 Å². The number of carbonyl (C=O) groups is 2. The Kier molecular flexibility index (Phi) is 9.46. The molecule has 1 aliphatic rings. The van der Waals surface area contributed by atoms with Crippen molar-refractivity contribution in [3.05, 3.63) is 90.0 Å². The van der Waals surface area contributed by atoms with Gasteiger partial charge in [0.2, 0.25) is 0 Å². The zero-order valence-corrected chi connectivity index (χ0v) is 24.9. The van der Waals surface area contributed by atoms with Crippen molar-refractivity contribution in [1.29, 1.82) is 0 Å². The number of para-hydroxylation sites is 1. The van der Waals surface area contributed by atoms with Gasteiger partial charge in [-0.2, -0.15) is 0 Å². The van der Waals surface area contributed by atoms with Crippen molar-refractivity contribution in [2.45, 2.75) is 57.1 Å². The second kappa shape index (κ2) is 12.8. The molecule has 8 heteroatoms. The summed E-state index contributed by atoms with van der Waals surface area (Å²) in [6, 6.07) is 23.8. The Balaban J connectivity index is 1.73. The molecular formula is C33H38N2O5S. The van der Waals surface area contributed by atoms with E-state index >= 15 is 0 Å². The summed E-state index contributed by atoms with van der Waals surface area (Å²) in [5.74, 6) is -0.406. The zero-order valence-electron chi connectivity index (χ0n) is 24.1. The number of carbonyl (C=O) groups excluding carboxylic acids is 1. The van der Waals surface area contributed by atoms with Gasteiger partial charge in [-0.3, -0.25) is 4.90 Å². The molecule has 0 aliphatic carbocycles. The summed E-state index contributed by atoms with van der Waals surface area (Å²) in [5.41, 5.74) is 1.98. The van der Waals surface area contributed by atoms with Crippen molar-refractivity contribution in [2.24, 2.45) is 0 Å². The first-order chi connectivity index (χ1) is 19.6. The van der Waals surface area contributed by atoms with Crippen molar-refractivity contribution in [3.63, 3.8) is 0 Å². The lowest BCUT2D eigenvalue weighted by atomic mass is 9.73. The van der Waals surface area contributed by atoms with Crippen LogP contribution in [0.4, 0.5) is 4.79 Å². The lowest BCUT2D eigenvalue weighted by Crippen LogP contribution is -2.60. The highest BCUT2D eigenvalue weighted by atomic mass is 32.1. The molecule has 3 aromatic carbocycles. The number of methoxy groups -OCH3 is 1. The second-order valence-electron chi connectivity index (χ2n) is 11.3. The van der Waals surface area contributed by atoms with E-state index in [-0.39, 0.29) is 11.4 Å². The predicted octanol–water partition coefficient (Wildman–Crippen LogP) is 6.24. The maximum Gasteiger partial charge on any atom is 0.416 e. The molecule has 0 bridgehead atoms. The molecule has 1 amide bonds. The molecule has 3 aromatic rings. The van der Waals surface area contributed by atoms with Crippen LogP contribution in [0.15, 0.2) is 78.9 Å². The number of nitrogens with zero attached hydrogens (tertiary/aromatic N) is 1. The van der Waals surface area contributed by atoms with Crippen LogP contribution in [0.3, 0.4) is 0 Å². The van der Waals surface area contributed by atoms with Crippen molar-refractivity contribution in [3.8, 4) is 16.9 Å². The molecule has 1 aliphatic heterocycles. The molecule has 4 rings (SSSR count). The van der Waals surface area contributed by atoms with Crippen LogP contribution in [-0.4, -0.2) is 58.9 Å². The van der Waals surface area contributed by atoms with Gasteiger partial charge in [0, 0.05) is 18.5 Å². The van der Waals surface area contributed by atoms with Crippen LogP contribution in [0.25, 0.3) is 11.1 Å². The van der Waals surface area contributed by atoms with E-state index in [9.17, 15) is 14.7 Å². The van der Waals surface area contributed by atoms with Crippen LogP contribution in [0.5, 0.6) is 5.75 Å². The van der Waals surface area contributed by atoms with E-state index < -0.39 is 29.1 Å². The van der Waals surface area contributed by atoms with Crippen molar-refractivity contribution in [1.82, 2.24) is 10.2 Å². The SMILES string of the molecule is COc1ccccc1-c1ccc(C[C@@H](C(=O)O)N(C(=O)OC(C)(C)C)C(=S)C2(c3ccccc3)CCCNC2)cc1. The number of piperidine rings is 1. The molecule has 0 aromatic heterocycles. The largest absolute Gasteiger partial charge is 0.496 e. The molecule has 0 saturated carbocycles. The van der Waals surface area contributed by atoms with Gasteiger partial charge in [-0.25, -0.2) is 9.59 Å². The van der Waals surface area contributed by atoms with E-state index in [0.717, 1.165) is 41.0 Å². The number of nitrogens with one attached hydrogen (secondary N) is 1. The van der Waals surface area contributed by atoms with E-state index in [0.29, 0.717) is 13.0 Å². The molecule has 0 spiro atoms. The third kappa shape index (κ3) is 6.94. The van der Waals surface area contributed by atoms with Crippen LogP contribution in [0.2, 0.25) is 0 Å². The molecule has 1 unspecified atom stereocenters. The molecule has 7 nitrogen and oxygen atoms in total. The van der Waals surface area contributed by atoms with Crippen molar-refractivity contribution in [2.75, 3.05) is 20.2 Å². The number of hydrogen-bond donors (Lipinski definition) is 2. The number of benzene rings is 3. The van der Waals surface area contributed by atoms with Gasteiger partial charge in [0.25, 0.3) is 0 Å². The van der Waals surface area contributed by atoms with Crippen molar-refractivity contribution < 1.29 is 24.2 Å². The van der Waals surface area contributed by atoms with Gasteiger partial charge in [0.05, 0.1) is 12.5 Å². The molecule has 0 radical (unpaired) electrons. The first-order valence-electron chi connectivity index (χ1n) is 13.8. The molecule has 41 heavy (non-hydrogen) atoms. The monoisotopic (exact) mass is 574 g/mol. The summed E-state index contributed by atoms with van der Waals surface area (Å²) < 4.78 is 11.3. The van der Waals surface area contributed by atoms with Gasteiger partial charge in [0.15, 0.2) is 0 Å². The lowest BCUT2D eigenvalue weighted by Gasteiger charge is -2.44. The highest BCUT2D eigenvalue weighted by Gasteiger charge is 2.47. The fourth-order valence-electron chi connectivity index (χ4n) is 5.32. The quantitative estimate of drug-likeness (QED) is 0.308. The first kappa shape index (κ1) is 30.2. The summed E-state index contributed by atoms with van der Waals surface area (Å²) in [6.45, 7) is 6.59. The molecule has 2 N–H and O–H groups in total. The minimum atomic E-state index is -1.27. The average Bonchev–Trinajstić information content (AvgIpc) is 2.97. The fourth-order valence-corrected chi connectivity index (χ4v) is 5.82. The lowest BCUT2D eigenvalue weighted by molar-refractivity contribution is -0.141. The minimum Gasteiger partial charge on any atom is -0.496 e. The number of thiocarbonyl (C=S) groups is 1. The third-order valence-electron chi connectivity index (χ3n) is 7.33. The number of hydrogen-bond acceptors (Lipinski definition) is 6. The summed E-state index contributed by atoms with van der Waals surface area (Å²) in [6.07, 6.45) is 0.808. The molecule has 216 valence electrons. The number of amides is 1. The van der Waals surface area contributed by atoms with E-state index in [1.165, 1.54) is 4.90 Å². The van der Waals surface area contributed by atoms with Gasteiger partial charge in [-0.05, 0) is 62.9 Å². The highest BCUT2D eigenvalue weighted by molar-refractivity contribution is 7.80. The molecular weight excluding hydrogens is 536 g/mol. The Labute approximate surface area is 247 Å². The van der Waals surface area contributed by atoms with Crippen LogP contribution in [0.1, 0.15) is 44.7 Å².